The van der Waals surface area contributed by atoms with E-state index in [0.29, 0.717) is 13.2 Å². The fourth-order valence-electron chi connectivity index (χ4n) is 4.31. The summed E-state index contributed by atoms with van der Waals surface area (Å²) in [6.45, 7) is 10.3. The lowest BCUT2D eigenvalue weighted by Gasteiger charge is -2.43. The van der Waals surface area contributed by atoms with Gasteiger partial charge in [-0.15, -0.1) is 24.0 Å². The first-order valence-electron chi connectivity index (χ1n) is 10.7. The zero-order valence-corrected chi connectivity index (χ0v) is 21.7. The van der Waals surface area contributed by atoms with Gasteiger partial charge >= 0.3 is 0 Å². The second kappa shape index (κ2) is 13.3. The standard InChI is InChI=1S/C20H40N4O3S.HI/c1-17(2)18-5-7-19(8-6-18)23-10-12-24(13-11-23)20(21-3)22-9-14-27-15-16-28(4,25)26;/h17-19H,5-16H2,1-4H3,(H,21,22);1H. The Morgan fingerprint density at radius 1 is 1.10 bits per heavy atom. The summed E-state index contributed by atoms with van der Waals surface area (Å²) in [7, 11) is -1.14. The third kappa shape index (κ3) is 9.69. The van der Waals surface area contributed by atoms with Crippen LogP contribution in [0.5, 0.6) is 0 Å². The van der Waals surface area contributed by atoms with Crippen LogP contribution in [0.15, 0.2) is 4.99 Å². The van der Waals surface area contributed by atoms with Crippen LogP contribution in [-0.4, -0.2) is 95.2 Å². The van der Waals surface area contributed by atoms with Crippen molar-refractivity contribution in [2.45, 2.75) is 45.6 Å². The van der Waals surface area contributed by atoms with E-state index in [-0.39, 0.29) is 36.3 Å². The highest BCUT2D eigenvalue weighted by Gasteiger charge is 2.29. The Morgan fingerprint density at radius 2 is 1.72 bits per heavy atom. The monoisotopic (exact) mass is 544 g/mol. The van der Waals surface area contributed by atoms with E-state index in [0.717, 1.165) is 50.0 Å². The average Bonchev–Trinajstić information content (AvgIpc) is 2.67. The van der Waals surface area contributed by atoms with Crippen LogP contribution in [0.2, 0.25) is 0 Å². The number of halogens is 1. The van der Waals surface area contributed by atoms with Crippen molar-refractivity contribution in [3.63, 3.8) is 0 Å². The normalized spacial score (nSPS) is 24.4. The Labute approximate surface area is 195 Å². The Balaban J connectivity index is 0.00000420. The quantitative estimate of drug-likeness (QED) is 0.218. The first-order valence-corrected chi connectivity index (χ1v) is 12.8. The van der Waals surface area contributed by atoms with Crippen LogP contribution in [0, 0.1) is 11.8 Å². The van der Waals surface area contributed by atoms with E-state index in [2.05, 4.69) is 34.0 Å². The third-order valence-electron chi connectivity index (χ3n) is 6.15. The predicted octanol–water partition coefficient (Wildman–Crippen LogP) is 2.07. The smallest absolute Gasteiger partial charge is 0.193 e. The summed E-state index contributed by atoms with van der Waals surface area (Å²) in [6.07, 6.45) is 6.68. The van der Waals surface area contributed by atoms with Gasteiger partial charge in [0.25, 0.3) is 0 Å². The van der Waals surface area contributed by atoms with Crippen LogP contribution >= 0.6 is 24.0 Å². The van der Waals surface area contributed by atoms with Crippen molar-refractivity contribution >= 4 is 39.8 Å². The molecule has 1 saturated heterocycles. The molecule has 7 nitrogen and oxygen atoms in total. The van der Waals surface area contributed by atoms with Gasteiger partial charge in [0.05, 0.1) is 19.0 Å². The summed E-state index contributed by atoms with van der Waals surface area (Å²) < 4.78 is 27.6. The van der Waals surface area contributed by atoms with Gasteiger partial charge < -0.3 is 15.0 Å². The maximum Gasteiger partial charge on any atom is 0.193 e. The summed E-state index contributed by atoms with van der Waals surface area (Å²) in [5.74, 6) is 2.72. The molecule has 0 atom stereocenters. The molecule has 2 aliphatic rings. The van der Waals surface area contributed by atoms with Gasteiger partial charge in [-0.3, -0.25) is 9.89 Å². The fraction of sp³-hybridized carbons (Fsp3) is 0.950. The number of nitrogens with zero attached hydrogens (tertiary/aromatic N) is 3. The predicted molar refractivity (Wildman–Crippen MR) is 131 cm³/mol. The van der Waals surface area contributed by atoms with Gasteiger partial charge in [0.15, 0.2) is 5.96 Å². The van der Waals surface area contributed by atoms with Crippen LogP contribution < -0.4 is 5.32 Å². The average molecular weight is 545 g/mol. The molecule has 1 saturated carbocycles. The number of hydrogen-bond acceptors (Lipinski definition) is 5. The molecule has 0 amide bonds. The summed E-state index contributed by atoms with van der Waals surface area (Å²) in [6, 6.07) is 0.760. The Hall–Kier alpha value is -0.130. The minimum absolute atomic E-state index is 0. The van der Waals surface area contributed by atoms with E-state index < -0.39 is 9.84 Å². The number of piperazine rings is 1. The Bertz CT molecular complexity index is 585. The molecular weight excluding hydrogens is 503 g/mol. The van der Waals surface area contributed by atoms with Crippen LogP contribution in [0.25, 0.3) is 0 Å². The first kappa shape index (κ1) is 26.9. The highest BCUT2D eigenvalue weighted by Crippen LogP contribution is 2.32. The number of sulfone groups is 1. The highest BCUT2D eigenvalue weighted by atomic mass is 127. The first-order chi connectivity index (χ1) is 13.3. The molecule has 0 bridgehead atoms. The van der Waals surface area contributed by atoms with Crippen LogP contribution in [0.3, 0.4) is 0 Å². The molecule has 1 aliphatic heterocycles. The second-order valence-electron chi connectivity index (χ2n) is 8.55. The third-order valence-corrected chi connectivity index (χ3v) is 7.06. The topological polar surface area (TPSA) is 74.2 Å². The Kier molecular flexibility index (Phi) is 12.4. The molecule has 0 aromatic heterocycles. The van der Waals surface area contributed by atoms with E-state index in [4.69, 9.17) is 4.74 Å². The molecule has 0 aromatic carbocycles. The maximum atomic E-state index is 11.1. The molecule has 1 N–H and O–H groups in total. The minimum atomic E-state index is -2.95. The Morgan fingerprint density at radius 3 is 2.24 bits per heavy atom. The molecule has 0 unspecified atom stereocenters. The lowest BCUT2D eigenvalue weighted by molar-refractivity contribution is 0.0861. The van der Waals surface area contributed by atoms with Gasteiger partial charge in [-0.2, -0.15) is 0 Å². The van der Waals surface area contributed by atoms with Crippen molar-refractivity contribution in [1.29, 1.82) is 0 Å². The minimum Gasteiger partial charge on any atom is -0.379 e. The van der Waals surface area contributed by atoms with E-state index >= 15 is 0 Å². The van der Waals surface area contributed by atoms with Crippen molar-refractivity contribution in [3.8, 4) is 0 Å². The molecule has 1 heterocycles. The van der Waals surface area contributed by atoms with Crippen LogP contribution in [0.4, 0.5) is 0 Å². The van der Waals surface area contributed by atoms with Crippen molar-refractivity contribution in [3.05, 3.63) is 0 Å². The zero-order valence-electron chi connectivity index (χ0n) is 18.6. The van der Waals surface area contributed by atoms with Crippen molar-refractivity contribution < 1.29 is 13.2 Å². The van der Waals surface area contributed by atoms with E-state index in [9.17, 15) is 8.42 Å². The lowest BCUT2D eigenvalue weighted by atomic mass is 9.79. The lowest BCUT2D eigenvalue weighted by Crippen LogP contribution is -2.55. The summed E-state index contributed by atoms with van der Waals surface area (Å²) in [5, 5.41) is 3.33. The maximum absolute atomic E-state index is 11.1. The van der Waals surface area contributed by atoms with Crippen LogP contribution in [-0.2, 0) is 14.6 Å². The SMILES string of the molecule is CN=C(NCCOCCS(C)(=O)=O)N1CCN(C2CCC(C(C)C)CC2)CC1.I. The fourth-order valence-corrected chi connectivity index (χ4v) is 4.73. The molecular formula is C20H41IN4O3S. The molecule has 0 spiro atoms. The molecule has 1 aliphatic carbocycles. The van der Waals surface area contributed by atoms with Gasteiger partial charge in [-0.25, -0.2) is 8.42 Å². The van der Waals surface area contributed by atoms with Crippen molar-refractivity contribution in [1.82, 2.24) is 15.1 Å². The molecule has 29 heavy (non-hydrogen) atoms. The summed E-state index contributed by atoms with van der Waals surface area (Å²) in [5.41, 5.74) is 0. The van der Waals surface area contributed by atoms with Crippen LogP contribution in [0.1, 0.15) is 39.5 Å². The van der Waals surface area contributed by atoms with Gasteiger partial charge in [0.1, 0.15) is 9.84 Å². The van der Waals surface area contributed by atoms with E-state index in [1.165, 1.54) is 31.9 Å². The number of guanidine groups is 1. The molecule has 0 aromatic rings. The molecule has 2 rings (SSSR count). The van der Waals surface area contributed by atoms with E-state index in [1.54, 1.807) is 0 Å². The zero-order chi connectivity index (χ0) is 20.6. The highest BCUT2D eigenvalue weighted by molar-refractivity contribution is 14.0. The summed E-state index contributed by atoms with van der Waals surface area (Å²) >= 11 is 0. The molecule has 172 valence electrons. The number of ether oxygens (including phenoxy) is 1. The number of nitrogens with one attached hydrogen (secondary N) is 1. The van der Waals surface area contributed by atoms with Crippen molar-refractivity contribution in [2.24, 2.45) is 16.8 Å². The van der Waals surface area contributed by atoms with Gasteiger partial charge in [0.2, 0.25) is 0 Å². The summed E-state index contributed by atoms with van der Waals surface area (Å²) in [4.78, 5) is 9.38. The number of rotatable bonds is 8. The van der Waals surface area contributed by atoms with Gasteiger partial charge in [0, 0.05) is 52.1 Å². The van der Waals surface area contributed by atoms with Crippen molar-refractivity contribution in [2.75, 3.05) is 65.0 Å². The van der Waals surface area contributed by atoms with E-state index in [1.807, 2.05) is 7.05 Å². The number of aliphatic imine (C=N–C) groups is 1. The van der Waals surface area contributed by atoms with Gasteiger partial charge in [-0.05, 0) is 37.5 Å². The second-order valence-corrected chi connectivity index (χ2v) is 10.8. The van der Waals surface area contributed by atoms with Gasteiger partial charge in [-0.1, -0.05) is 13.8 Å². The molecule has 9 heteroatoms. The molecule has 2 fully saturated rings. The molecule has 0 radical (unpaired) electrons. The number of hydrogen-bond donors (Lipinski definition) is 1. The largest absolute Gasteiger partial charge is 0.379 e.